The third-order valence-electron chi connectivity index (χ3n) is 2.88. The van der Waals surface area contributed by atoms with E-state index in [1.807, 2.05) is 0 Å². The number of imidazole rings is 1. The van der Waals surface area contributed by atoms with Crippen LogP contribution in [0.1, 0.15) is 26.2 Å². The highest BCUT2D eigenvalue weighted by atomic mass is 16.6. The Bertz CT molecular complexity index is 386. The van der Waals surface area contributed by atoms with Crippen molar-refractivity contribution in [3.05, 3.63) is 16.4 Å². The molecule has 1 heterocycles. The van der Waals surface area contributed by atoms with Crippen molar-refractivity contribution in [2.45, 2.75) is 26.2 Å². The van der Waals surface area contributed by atoms with E-state index in [-0.39, 0.29) is 12.4 Å². The van der Waals surface area contributed by atoms with Gasteiger partial charge < -0.3 is 20.5 Å². The summed E-state index contributed by atoms with van der Waals surface area (Å²) in [5, 5.41) is 22.8. The minimum absolute atomic E-state index is 0.139. The van der Waals surface area contributed by atoms with Crippen molar-refractivity contribution in [2.24, 2.45) is 13.0 Å². The Kier molecular flexibility index (Phi) is 5.57. The van der Waals surface area contributed by atoms with E-state index in [4.69, 9.17) is 5.11 Å². The lowest BCUT2D eigenvalue weighted by Crippen LogP contribution is -2.17. The summed E-state index contributed by atoms with van der Waals surface area (Å²) in [5.74, 6) is 0.574. The maximum absolute atomic E-state index is 10.8. The number of hydrogen-bond donors (Lipinski definition) is 2. The summed E-state index contributed by atoms with van der Waals surface area (Å²) in [7, 11) is 1.71. The molecule has 0 amide bonds. The van der Waals surface area contributed by atoms with Crippen LogP contribution >= 0.6 is 0 Å². The zero-order valence-corrected chi connectivity index (χ0v) is 10.8. The van der Waals surface area contributed by atoms with Crippen molar-refractivity contribution in [1.82, 2.24) is 9.55 Å². The number of anilines is 1. The molecular weight excluding hydrogens is 236 g/mol. The van der Waals surface area contributed by atoms with Crippen LogP contribution in [-0.2, 0) is 7.05 Å². The Morgan fingerprint density at radius 3 is 2.89 bits per heavy atom. The molecule has 1 aromatic rings. The highest BCUT2D eigenvalue weighted by molar-refractivity contribution is 5.51. The minimum Gasteiger partial charge on any atom is -0.396 e. The fourth-order valence-corrected chi connectivity index (χ4v) is 1.94. The molecule has 0 aromatic carbocycles. The van der Waals surface area contributed by atoms with E-state index in [0.717, 1.165) is 12.8 Å². The summed E-state index contributed by atoms with van der Waals surface area (Å²) in [5.41, 5.74) is 0. The molecule has 2 N–H and O–H groups in total. The van der Waals surface area contributed by atoms with Gasteiger partial charge in [-0.05, 0) is 28.7 Å². The maximum atomic E-state index is 10.8. The van der Waals surface area contributed by atoms with E-state index >= 15 is 0 Å². The zero-order valence-electron chi connectivity index (χ0n) is 10.8. The molecule has 0 spiro atoms. The van der Waals surface area contributed by atoms with Gasteiger partial charge in [0.05, 0.1) is 0 Å². The van der Waals surface area contributed by atoms with Crippen molar-refractivity contribution < 1.29 is 10.0 Å². The topological polar surface area (TPSA) is 93.2 Å². The summed E-state index contributed by atoms with van der Waals surface area (Å²) in [6, 6.07) is 0. The lowest BCUT2D eigenvalue weighted by Gasteiger charge is -2.16. The van der Waals surface area contributed by atoms with Gasteiger partial charge in [0, 0.05) is 20.2 Å². The highest BCUT2D eigenvalue weighted by Gasteiger charge is 2.20. The van der Waals surface area contributed by atoms with Gasteiger partial charge in [0.15, 0.2) is 0 Å². The average molecular weight is 256 g/mol. The predicted molar refractivity (Wildman–Crippen MR) is 68.5 cm³/mol. The molecule has 18 heavy (non-hydrogen) atoms. The number of hydrogen-bond acceptors (Lipinski definition) is 5. The van der Waals surface area contributed by atoms with Crippen molar-refractivity contribution in [3.63, 3.8) is 0 Å². The van der Waals surface area contributed by atoms with Crippen LogP contribution in [0.5, 0.6) is 0 Å². The Morgan fingerprint density at radius 2 is 2.33 bits per heavy atom. The van der Waals surface area contributed by atoms with Gasteiger partial charge in [0.25, 0.3) is 0 Å². The number of nitro groups is 1. The van der Waals surface area contributed by atoms with E-state index in [0.29, 0.717) is 24.7 Å². The number of nitrogens with zero attached hydrogens (tertiary/aromatic N) is 3. The third-order valence-corrected chi connectivity index (χ3v) is 2.88. The van der Waals surface area contributed by atoms with Crippen molar-refractivity contribution in [3.8, 4) is 0 Å². The predicted octanol–water partition coefficient (Wildman–Crippen LogP) is 1.54. The summed E-state index contributed by atoms with van der Waals surface area (Å²) < 4.78 is 1.60. The van der Waals surface area contributed by atoms with Crippen LogP contribution in [0.4, 0.5) is 11.6 Å². The van der Waals surface area contributed by atoms with Crippen LogP contribution in [0.3, 0.4) is 0 Å². The van der Waals surface area contributed by atoms with Gasteiger partial charge >= 0.3 is 5.82 Å². The van der Waals surface area contributed by atoms with Gasteiger partial charge in [-0.3, -0.25) is 4.57 Å². The van der Waals surface area contributed by atoms with Gasteiger partial charge in [-0.15, -0.1) is 0 Å². The first-order valence-electron chi connectivity index (χ1n) is 6.10. The molecule has 0 fully saturated rings. The highest BCUT2D eigenvalue weighted by Crippen LogP contribution is 2.22. The number of aliphatic hydroxyl groups is 1. The Hall–Kier alpha value is -1.63. The third kappa shape index (κ3) is 3.69. The van der Waals surface area contributed by atoms with Crippen molar-refractivity contribution >= 4 is 11.6 Å². The molecule has 0 aliphatic rings. The molecule has 0 aliphatic heterocycles. The van der Waals surface area contributed by atoms with Crippen LogP contribution in [0.2, 0.25) is 0 Å². The lowest BCUT2D eigenvalue weighted by atomic mass is 10.0. The van der Waals surface area contributed by atoms with Gasteiger partial charge in [-0.2, -0.15) is 0 Å². The molecule has 1 unspecified atom stereocenters. The van der Waals surface area contributed by atoms with E-state index < -0.39 is 4.92 Å². The van der Waals surface area contributed by atoms with Crippen LogP contribution in [-0.4, -0.2) is 32.7 Å². The summed E-state index contributed by atoms with van der Waals surface area (Å²) in [6.07, 6.45) is 4.13. The normalized spacial score (nSPS) is 12.4. The van der Waals surface area contributed by atoms with Gasteiger partial charge in [-0.25, -0.2) is 0 Å². The fourth-order valence-electron chi connectivity index (χ4n) is 1.94. The molecule has 1 rings (SSSR count). The number of rotatable bonds is 8. The maximum Gasteiger partial charge on any atom is 0.406 e. The monoisotopic (exact) mass is 256 g/mol. The second-order valence-corrected chi connectivity index (χ2v) is 4.33. The number of nitrogens with one attached hydrogen (secondary N) is 1. The quantitative estimate of drug-likeness (QED) is 0.543. The van der Waals surface area contributed by atoms with Crippen LogP contribution < -0.4 is 5.32 Å². The Morgan fingerprint density at radius 1 is 1.61 bits per heavy atom. The van der Waals surface area contributed by atoms with Crippen molar-refractivity contribution in [2.75, 3.05) is 18.5 Å². The summed E-state index contributed by atoms with van der Waals surface area (Å²) >= 11 is 0. The Labute approximate surface area is 106 Å². The van der Waals surface area contributed by atoms with E-state index in [1.54, 1.807) is 11.6 Å². The number of aromatic nitrogens is 2. The summed E-state index contributed by atoms with van der Waals surface area (Å²) in [4.78, 5) is 14.0. The first-order chi connectivity index (χ1) is 8.60. The van der Waals surface area contributed by atoms with Crippen LogP contribution in [0.25, 0.3) is 0 Å². The van der Waals surface area contributed by atoms with Gasteiger partial charge in [0.1, 0.15) is 0 Å². The van der Waals surface area contributed by atoms with Crippen LogP contribution in [0.15, 0.2) is 6.33 Å². The largest absolute Gasteiger partial charge is 0.406 e. The van der Waals surface area contributed by atoms with Crippen molar-refractivity contribution in [1.29, 1.82) is 0 Å². The fraction of sp³-hybridized carbons (Fsp3) is 0.727. The standard InChI is InChI=1S/C11H20N4O3/c1-3-4-9(5-6-16)7-12-10-11(15(17)18)13-8-14(10)2/h8-9,12,16H,3-7H2,1-2H3. The molecule has 1 aromatic heterocycles. The first kappa shape index (κ1) is 14.4. The molecule has 102 valence electrons. The molecule has 0 radical (unpaired) electrons. The average Bonchev–Trinajstić information content (AvgIpc) is 2.68. The second-order valence-electron chi connectivity index (χ2n) is 4.33. The van der Waals surface area contributed by atoms with E-state index in [1.165, 1.54) is 6.33 Å². The summed E-state index contributed by atoms with van der Waals surface area (Å²) in [6.45, 7) is 2.82. The molecular formula is C11H20N4O3. The molecule has 7 heteroatoms. The number of aliphatic hydroxyl groups excluding tert-OH is 1. The van der Waals surface area contributed by atoms with E-state index in [2.05, 4.69) is 17.2 Å². The molecule has 0 aliphatic carbocycles. The molecule has 0 saturated heterocycles. The number of aryl methyl sites for hydroxylation is 1. The first-order valence-corrected chi connectivity index (χ1v) is 6.10. The molecule has 1 atom stereocenters. The van der Waals surface area contributed by atoms with Gasteiger partial charge in [0.2, 0.25) is 12.1 Å². The zero-order chi connectivity index (χ0) is 13.5. The molecule has 0 saturated carbocycles. The van der Waals surface area contributed by atoms with E-state index in [9.17, 15) is 10.1 Å². The smallest absolute Gasteiger partial charge is 0.396 e. The lowest BCUT2D eigenvalue weighted by molar-refractivity contribution is -0.388. The van der Waals surface area contributed by atoms with Gasteiger partial charge in [-0.1, -0.05) is 13.3 Å². The SMILES string of the molecule is CCCC(CCO)CNc1c([N+](=O)[O-])ncn1C. The second kappa shape index (κ2) is 6.95. The Balaban J connectivity index is 2.66. The molecule has 7 nitrogen and oxygen atoms in total. The van der Waals surface area contributed by atoms with Crippen LogP contribution in [0, 0.1) is 16.0 Å². The minimum atomic E-state index is -0.497. The molecule has 0 bridgehead atoms.